The Hall–Kier alpha value is -1.49. The topological polar surface area (TPSA) is 40.5 Å². The van der Waals surface area contributed by atoms with E-state index in [-0.39, 0.29) is 31.0 Å². The van der Waals surface area contributed by atoms with Gasteiger partial charge in [-0.2, -0.15) is 0 Å². The van der Waals surface area contributed by atoms with Crippen molar-refractivity contribution in [2.24, 2.45) is 0 Å². The number of carbonyl (C=O) groups is 1. The maximum absolute atomic E-state index is 13.3. The second kappa shape index (κ2) is 4.17. The Kier molecular flexibility index (Phi) is 2.87. The molecular weight excluding hydrogens is 216 g/mol. The van der Waals surface area contributed by atoms with E-state index >= 15 is 0 Å². The molecule has 0 saturated carbocycles. The first-order valence-electron chi connectivity index (χ1n) is 4.96. The molecule has 0 bridgehead atoms. The summed E-state index contributed by atoms with van der Waals surface area (Å²) in [5.74, 6) is -1.53. The van der Waals surface area contributed by atoms with Crippen LogP contribution in [-0.4, -0.2) is 28.6 Å². The molecule has 1 fully saturated rings. The van der Waals surface area contributed by atoms with Crippen molar-refractivity contribution in [2.45, 2.75) is 19.1 Å². The van der Waals surface area contributed by atoms with E-state index in [1.165, 1.54) is 11.0 Å². The molecule has 1 amide bonds. The highest BCUT2D eigenvalue weighted by Crippen LogP contribution is 2.17. The molecule has 1 heterocycles. The van der Waals surface area contributed by atoms with E-state index in [2.05, 4.69) is 0 Å². The molecule has 2 rings (SSSR count). The Morgan fingerprint density at radius 3 is 2.75 bits per heavy atom. The molecule has 0 spiro atoms. The third kappa shape index (κ3) is 2.19. The zero-order valence-electron chi connectivity index (χ0n) is 8.49. The minimum Gasteiger partial charge on any atom is -0.391 e. The Balaban J connectivity index is 2.12. The fraction of sp³-hybridized carbons (Fsp3) is 0.364. The van der Waals surface area contributed by atoms with Crippen LogP contribution >= 0.6 is 0 Å². The lowest BCUT2D eigenvalue weighted by atomic mass is 10.2. The number of aliphatic hydroxyl groups is 1. The van der Waals surface area contributed by atoms with Crippen LogP contribution in [0.15, 0.2) is 18.2 Å². The monoisotopic (exact) mass is 227 g/mol. The first kappa shape index (κ1) is 11.0. The van der Waals surface area contributed by atoms with Crippen molar-refractivity contribution in [1.29, 1.82) is 0 Å². The minimum absolute atomic E-state index is 0.0714. The highest BCUT2D eigenvalue weighted by molar-refractivity contribution is 5.79. The van der Waals surface area contributed by atoms with E-state index in [0.717, 1.165) is 12.1 Å². The third-order valence-electron chi connectivity index (χ3n) is 2.57. The zero-order valence-corrected chi connectivity index (χ0v) is 8.49. The number of halogens is 2. The molecule has 1 aliphatic heterocycles. The fourth-order valence-electron chi connectivity index (χ4n) is 1.76. The molecule has 0 aromatic heterocycles. The summed E-state index contributed by atoms with van der Waals surface area (Å²) in [6.45, 7) is 0.275. The van der Waals surface area contributed by atoms with Crippen molar-refractivity contribution in [1.82, 2.24) is 4.90 Å². The van der Waals surface area contributed by atoms with Crippen LogP contribution in [0.3, 0.4) is 0 Å². The number of amides is 1. The number of aliphatic hydroxyl groups excluding tert-OH is 1. The van der Waals surface area contributed by atoms with E-state index in [9.17, 15) is 18.7 Å². The Labute approximate surface area is 91.3 Å². The largest absolute Gasteiger partial charge is 0.391 e. The SMILES string of the molecule is O=C1CC(O)CN1Cc1ccc(F)cc1F. The number of rotatable bonds is 2. The molecule has 1 aromatic carbocycles. The van der Waals surface area contributed by atoms with Gasteiger partial charge in [0.05, 0.1) is 12.5 Å². The molecular formula is C11H11F2NO2. The van der Waals surface area contributed by atoms with E-state index in [0.29, 0.717) is 0 Å². The summed E-state index contributed by atoms with van der Waals surface area (Å²) in [5.41, 5.74) is 0.254. The number of hydrogen-bond donors (Lipinski definition) is 1. The van der Waals surface area contributed by atoms with E-state index in [1.807, 2.05) is 0 Å². The summed E-state index contributed by atoms with van der Waals surface area (Å²) < 4.78 is 25.9. The van der Waals surface area contributed by atoms with Gasteiger partial charge in [-0.25, -0.2) is 8.78 Å². The lowest BCUT2D eigenvalue weighted by Gasteiger charge is -2.16. The summed E-state index contributed by atoms with van der Waals surface area (Å²) in [5, 5.41) is 9.25. The number of carbonyl (C=O) groups excluding carboxylic acids is 1. The van der Waals surface area contributed by atoms with Crippen LogP contribution < -0.4 is 0 Å². The molecule has 1 aliphatic rings. The molecule has 86 valence electrons. The van der Waals surface area contributed by atoms with Gasteiger partial charge < -0.3 is 10.0 Å². The number of nitrogens with zero attached hydrogens (tertiary/aromatic N) is 1. The van der Waals surface area contributed by atoms with Gasteiger partial charge in [-0.15, -0.1) is 0 Å². The number of β-amino-alcohol motifs (C(OH)–C–C–N with tert-alkyl or cyclic N) is 1. The molecule has 0 aliphatic carbocycles. The summed E-state index contributed by atoms with van der Waals surface area (Å²) in [7, 11) is 0. The lowest BCUT2D eigenvalue weighted by molar-refractivity contribution is -0.128. The quantitative estimate of drug-likeness (QED) is 0.820. The van der Waals surface area contributed by atoms with Crippen molar-refractivity contribution < 1.29 is 18.7 Å². The van der Waals surface area contributed by atoms with Gasteiger partial charge in [-0.05, 0) is 6.07 Å². The molecule has 0 radical (unpaired) electrons. The van der Waals surface area contributed by atoms with Crippen LogP contribution in [0.25, 0.3) is 0 Å². The van der Waals surface area contributed by atoms with Gasteiger partial charge in [0.25, 0.3) is 0 Å². The van der Waals surface area contributed by atoms with Crippen LogP contribution in [-0.2, 0) is 11.3 Å². The average molecular weight is 227 g/mol. The fourth-order valence-corrected chi connectivity index (χ4v) is 1.76. The standard InChI is InChI=1S/C11H11F2NO2/c12-8-2-1-7(10(13)3-8)5-14-6-9(15)4-11(14)16/h1-3,9,15H,4-6H2. The molecule has 16 heavy (non-hydrogen) atoms. The van der Waals surface area contributed by atoms with E-state index < -0.39 is 17.7 Å². The molecule has 5 heteroatoms. The smallest absolute Gasteiger partial charge is 0.225 e. The van der Waals surface area contributed by atoms with Crippen molar-refractivity contribution >= 4 is 5.91 Å². The first-order chi connectivity index (χ1) is 7.56. The number of benzene rings is 1. The second-order valence-electron chi connectivity index (χ2n) is 3.87. The highest BCUT2D eigenvalue weighted by atomic mass is 19.1. The summed E-state index contributed by atoms with van der Waals surface area (Å²) in [6, 6.07) is 3.24. The van der Waals surface area contributed by atoms with Gasteiger partial charge in [0.15, 0.2) is 0 Å². The van der Waals surface area contributed by atoms with Gasteiger partial charge in [0.2, 0.25) is 5.91 Å². The molecule has 1 atom stereocenters. The predicted octanol–water partition coefficient (Wildman–Crippen LogP) is 1.06. The Bertz CT molecular complexity index is 422. The zero-order chi connectivity index (χ0) is 11.7. The van der Waals surface area contributed by atoms with Crippen molar-refractivity contribution in [3.63, 3.8) is 0 Å². The number of likely N-dealkylation sites (tertiary alicyclic amines) is 1. The van der Waals surface area contributed by atoms with E-state index in [1.54, 1.807) is 0 Å². The maximum Gasteiger partial charge on any atom is 0.225 e. The lowest BCUT2D eigenvalue weighted by Crippen LogP contribution is -2.25. The van der Waals surface area contributed by atoms with Gasteiger partial charge in [-0.3, -0.25) is 4.79 Å². The first-order valence-corrected chi connectivity index (χ1v) is 4.96. The van der Waals surface area contributed by atoms with Crippen molar-refractivity contribution in [3.05, 3.63) is 35.4 Å². The number of hydrogen-bond acceptors (Lipinski definition) is 2. The predicted molar refractivity (Wildman–Crippen MR) is 52.4 cm³/mol. The van der Waals surface area contributed by atoms with Crippen LogP contribution in [0.4, 0.5) is 8.78 Å². The maximum atomic E-state index is 13.3. The van der Waals surface area contributed by atoms with Crippen LogP contribution in [0.1, 0.15) is 12.0 Å². The van der Waals surface area contributed by atoms with Gasteiger partial charge in [0.1, 0.15) is 11.6 Å². The summed E-state index contributed by atoms with van der Waals surface area (Å²) >= 11 is 0. The summed E-state index contributed by atoms with van der Waals surface area (Å²) in [6.07, 6.45) is -0.612. The summed E-state index contributed by atoms with van der Waals surface area (Å²) in [4.78, 5) is 12.7. The van der Waals surface area contributed by atoms with Gasteiger partial charge in [0, 0.05) is 24.7 Å². The Morgan fingerprint density at radius 1 is 1.44 bits per heavy atom. The normalized spacial score (nSPS) is 20.6. The van der Waals surface area contributed by atoms with E-state index in [4.69, 9.17) is 0 Å². The van der Waals surface area contributed by atoms with Gasteiger partial charge >= 0.3 is 0 Å². The Morgan fingerprint density at radius 2 is 2.19 bits per heavy atom. The molecule has 3 nitrogen and oxygen atoms in total. The molecule has 1 unspecified atom stereocenters. The minimum atomic E-state index is -0.684. The van der Waals surface area contributed by atoms with Crippen molar-refractivity contribution in [2.75, 3.05) is 6.54 Å². The highest BCUT2D eigenvalue weighted by Gasteiger charge is 2.28. The third-order valence-corrected chi connectivity index (χ3v) is 2.57. The van der Waals surface area contributed by atoms with Crippen LogP contribution in [0.5, 0.6) is 0 Å². The van der Waals surface area contributed by atoms with Crippen molar-refractivity contribution in [3.8, 4) is 0 Å². The molecule has 1 N–H and O–H groups in total. The molecule has 1 aromatic rings. The molecule has 1 saturated heterocycles. The average Bonchev–Trinajstić information content (AvgIpc) is 2.50. The second-order valence-corrected chi connectivity index (χ2v) is 3.87. The van der Waals surface area contributed by atoms with Crippen LogP contribution in [0, 0.1) is 11.6 Å². The van der Waals surface area contributed by atoms with Gasteiger partial charge in [-0.1, -0.05) is 6.07 Å². The van der Waals surface area contributed by atoms with Crippen LogP contribution in [0.2, 0.25) is 0 Å².